The van der Waals surface area contributed by atoms with Crippen molar-refractivity contribution in [1.82, 2.24) is 19.8 Å². The first kappa shape index (κ1) is 17.5. The molecule has 1 aliphatic rings. The standard InChI is InChI=1S/C17H22N4O.ClH/c1-20-11-10-19-17(20)15-13-18-9-12-21(15)16(22)8-7-14-5-3-2-4-6-14;/h2-6,10-11,15,18H,7-9,12-13H2,1H3;1H. The van der Waals surface area contributed by atoms with E-state index in [1.54, 1.807) is 6.20 Å². The number of hydrogen-bond acceptors (Lipinski definition) is 3. The third kappa shape index (κ3) is 4.12. The Morgan fingerprint density at radius 2 is 2.13 bits per heavy atom. The number of amides is 1. The third-order valence-electron chi connectivity index (χ3n) is 4.19. The lowest BCUT2D eigenvalue weighted by molar-refractivity contribution is -0.134. The van der Waals surface area contributed by atoms with Crippen LogP contribution in [0.3, 0.4) is 0 Å². The summed E-state index contributed by atoms with van der Waals surface area (Å²) in [6.07, 6.45) is 5.05. The van der Waals surface area contributed by atoms with Gasteiger partial charge in [0.15, 0.2) is 0 Å². The molecule has 2 aromatic rings. The summed E-state index contributed by atoms with van der Waals surface area (Å²) in [6.45, 7) is 2.35. The highest BCUT2D eigenvalue weighted by molar-refractivity contribution is 5.85. The number of aryl methyl sites for hydroxylation is 2. The number of carbonyl (C=O) groups is 1. The quantitative estimate of drug-likeness (QED) is 0.929. The van der Waals surface area contributed by atoms with Crippen molar-refractivity contribution < 1.29 is 4.79 Å². The molecule has 1 saturated heterocycles. The number of nitrogens with zero attached hydrogens (tertiary/aromatic N) is 3. The summed E-state index contributed by atoms with van der Waals surface area (Å²) in [6, 6.07) is 10.2. The van der Waals surface area contributed by atoms with Gasteiger partial charge in [0.05, 0.1) is 0 Å². The fourth-order valence-corrected chi connectivity index (χ4v) is 2.97. The zero-order chi connectivity index (χ0) is 15.4. The number of imidazole rings is 1. The molecule has 6 heteroatoms. The molecular formula is C17H23ClN4O. The largest absolute Gasteiger partial charge is 0.336 e. The number of halogens is 1. The summed E-state index contributed by atoms with van der Waals surface area (Å²) in [5.74, 6) is 1.15. The average Bonchev–Trinajstić information content (AvgIpc) is 2.99. The van der Waals surface area contributed by atoms with Crippen LogP contribution in [0.25, 0.3) is 0 Å². The molecule has 1 unspecified atom stereocenters. The van der Waals surface area contributed by atoms with E-state index in [0.717, 1.165) is 31.9 Å². The van der Waals surface area contributed by atoms with Crippen molar-refractivity contribution in [3.05, 3.63) is 54.1 Å². The average molecular weight is 335 g/mol. The zero-order valence-electron chi connectivity index (χ0n) is 13.3. The molecule has 0 spiro atoms. The zero-order valence-corrected chi connectivity index (χ0v) is 14.1. The van der Waals surface area contributed by atoms with Crippen LogP contribution in [-0.2, 0) is 18.3 Å². The van der Waals surface area contributed by atoms with Gasteiger partial charge in [-0.05, 0) is 12.0 Å². The first-order valence-corrected chi connectivity index (χ1v) is 7.77. The molecule has 3 rings (SSSR count). The summed E-state index contributed by atoms with van der Waals surface area (Å²) < 4.78 is 2.00. The van der Waals surface area contributed by atoms with Crippen LogP contribution < -0.4 is 5.32 Å². The van der Waals surface area contributed by atoms with Crippen molar-refractivity contribution in [2.75, 3.05) is 19.6 Å². The number of aromatic nitrogens is 2. The van der Waals surface area contributed by atoms with E-state index in [1.807, 2.05) is 40.9 Å². The van der Waals surface area contributed by atoms with Crippen LogP contribution >= 0.6 is 12.4 Å². The molecular weight excluding hydrogens is 312 g/mol. The molecule has 1 fully saturated rings. The molecule has 2 heterocycles. The first-order valence-electron chi connectivity index (χ1n) is 7.77. The summed E-state index contributed by atoms with van der Waals surface area (Å²) in [7, 11) is 1.98. The van der Waals surface area contributed by atoms with Crippen LogP contribution in [0.2, 0.25) is 0 Å². The lowest BCUT2D eigenvalue weighted by Gasteiger charge is -2.35. The van der Waals surface area contributed by atoms with E-state index in [2.05, 4.69) is 22.4 Å². The Morgan fingerprint density at radius 3 is 2.83 bits per heavy atom. The molecule has 1 amide bonds. The van der Waals surface area contributed by atoms with Crippen LogP contribution in [0, 0.1) is 0 Å². The number of benzene rings is 1. The Hall–Kier alpha value is -1.85. The number of hydrogen-bond donors (Lipinski definition) is 1. The molecule has 23 heavy (non-hydrogen) atoms. The second-order valence-electron chi connectivity index (χ2n) is 5.69. The Balaban J connectivity index is 0.00000192. The summed E-state index contributed by atoms with van der Waals surface area (Å²) >= 11 is 0. The van der Waals surface area contributed by atoms with Gasteiger partial charge < -0.3 is 14.8 Å². The lowest BCUT2D eigenvalue weighted by Crippen LogP contribution is -2.49. The molecule has 5 nitrogen and oxygen atoms in total. The highest BCUT2D eigenvalue weighted by Crippen LogP contribution is 2.21. The molecule has 0 radical (unpaired) electrons. The highest BCUT2D eigenvalue weighted by atomic mass is 35.5. The van der Waals surface area contributed by atoms with Gasteiger partial charge in [-0.25, -0.2) is 4.98 Å². The van der Waals surface area contributed by atoms with Crippen LogP contribution in [0.5, 0.6) is 0 Å². The molecule has 1 atom stereocenters. The maximum Gasteiger partial charge on any atom is 0.223 e. The highest BCUT2D eigenvalue weighted by Gasteiger charge is 2.29. The van der Waals surface area contributed by atoms with E-state index in [-0.39, 0.29) is 24.4 Å². The Bertz CT molecular complexity index is 629. The predicted molar refractivity (Wildman–Crippen MR) is 92.5 cm³/mol. The van der Waals surface area contributed by atoms with Gasteiger partial charge in [-0.1, -0.05) is 30.3 Å². The number of carbonyl (C=O) groups excluding carboxylic acids is 1. The van der Waals surface area contributed by atoms with E-state index in [1.165, 1.54) is 5.56 Å². The van der Waals surface area contributed by atoms with Crippen molar-refractivity contribution >= 4 is 18.3 Å². The van der Waals surface area contributed by atoms with Gasteiger partial charge in [-0.15, -0.1) is 12.4 Å². The van der Waals surface area contributed by atoms with Crippen molar-refractivity contribution in [2.45, 2.75) is 18.9 Å². The van der Waals surface area contributed by atoms with Gasteiger partial charge in [0.25, 0.3) is 0 Å². The molecule has 0 aliphatic carbocycles. The van der Waals surface area contributed by atoms with E-state index in [0.29, 0.717) is 6.42 Å². The van der Waals surface area contributed by atoms with Crippen LogP contribution in [0.1, 0.15) is 23.9 Å². The second-order valence-corrected chi connectivity index (χ2v) is 5.69. The van der Waals surface area contributed by atoms with Crippen molar-refractivity contribution in [1.29, 1.82) is 0 Å². The molecule has 1 N–H and O–H groups in total. The normalized spacial score (nSPS) is 17.6. The minimum Gasteiger partial charge on any atom is -0.336 e. The molecule has 124 valence electrons. The fourth-order valence-electron chi connectivity index (χ4n) is 2.97. The van der Waals surface area contributed by atoms with E-state index < -0.39 is 0 Å². The van der Waals surface area contributed by atoms with Crippen molar-refractivity contribution in [3.63, 3.8) is 0 Å². The minimum atomic E-state index is 0. The lowest BCUT2D eigenvalue weighted by atomic mass is 10.1. The van der Waals surface area contributed by atoms with E-state index in [4.69, 9.17) is 0 Å². The van der Waals surface area contributed by atoms with Crippen LogP contribution in [0.4, 0.5) is 0 Å². The maximum atomic E-state index is 12.6. The van der Waals surface area contributed by atoms with Gasteiger partial charge in [-0.2, -0.15) is 0 Å². The Kier molecular flexibility index (Phi) is 6.19. The molecule has 1 aromatic heterocycles. The Labute approximate surface area is 143 Å². The summed E-state index contributed by atoms with van der Waals surface area (Å²) in [4.78, 5) is 19.0. The van der Waals surface area contributed by atoms with Gasteiger partial charge in [0.2, 0.25) is 5.91 Å². The number of piperazine rings is 1. The molecule has 0 saturated carbocycles. The molecule has 0 bridgehead atoms. The van der Waals surface area contributed by atoms with E-state index in [9.17, 15) is 4.79 Å². The minimum absolute atomic E-state index is 0. The smallest absolute Gasteiger partial charge is 0.223 e. The predicted octanol–water partition coefficient (Wildman–Crippen LogP) is 1.95. The van der Waals surface area contributed by atoms with Crippen molar-refractivity contribution in [3.8, 4) is 0 Å². The van der Waals surface area contributed by atoms with Crippen LogP contribution in [0.15, 0.2) is 42.7 Å². The first-order chi connectivity index (χ1) is 10.8. The van der Waals surface area contributed by atoms with Crippen LogP contribution in [-0.4, -0.2) is 40.0 Å². The second kappa shape index (κ2) is 8.13. The number of rotatable bonds is 4. The maximum absolute atomic E-state index is 12.6. The fraction of sp³-hybridized carbons (Fsp3) is 0.412. The summed E-state index contributed by atoms with van der Waals surface area (Å²) in [5.41, 5.74) is 1.21. The molecule has 1 aliphatic heterocycles. The van der Waals surface area contributed by atoms with Crippen molar-refractivity contribution in [2.24, 2.45) is 7.05 Å². The van der Waals surface area contributed by atoms with Gasteiger partial charge >= 0.3 is 0 Å². The topological polar surface area (TPSA) is 50.2 Å². The molecule has 1 aromatic carbocycles. The third-order valence-corrected chi connectivity index (χ3v) is 4.19. The van der Waals surface area contributed by atoms with E-state index >= 15 is 0 Å². The number of nitrogens with one attached hydrogen (secondary N) is 1. The van der Waals surface area contributed by atoms with Gasteiger partial charge in [0.1, 0.15) is 11.9 Å². The summed E-state index contributed by atoms with van der Waals surface area (Å²) in [5, 5.41) is 3.36. The van der Waals surface area contributed by atoms with Gasteiger partial charge in [-0.3, -0.25) is 4.79 Å². The van der Waals surface area contributed by atoms with Gasteiger partial charge in [0, 0.05) is 45.5 Å². The monoisotopic (exact) mass is 334 g/mol. The SMILES string of the molecule is Cl.Cn1ccnc1C1CNCCN1C(=O)CCc1ccccc1. The Morgan fingerprint density at radius 1 is 1.35 bits per heavy atom.